The molecule has 41 heavy (non-hydrogen) atoms. The van der Waals surface area contributed by atoms with Gasteiger partial charge in [-0.3, -0.25) is 19.3 Å². The van der Waals surface area contributed by atoms with Crippen molar-refractivity contribution in [1.29, 1.82) is 0 Å². The molecule has 0 unspecified atom stereocenters. The maximum absolute atomic E-state index is 13.3. The zero-order valence-electron chi connectivity index (χ0n) is 24.8. The number of anilines is 2. The lowest BCUT2D eigenvalue weighted by Gasteiger charge is -2.27. The number of pyridine rings is 1. The molecule has 10 heteroatoms. The summed E-state index contributed by atoms with van der Waals surface area (Å²) < 4.78 is 7.50. The normalized spacial score (nSPS) is 15.2. The molecule has 0 spiro atoms. The minimum atomic E-state index is -1.15. The Balaban J connectivity index is 1.46. The fourth-order valence-electron chi connectivity index (χ4n) is 5.57. The Kier molecular flexibility index (Phi) is 7.65. The van der Waals surface area contributed by atoms with E-state index in [2.05, 4.69) is 9.88 Å². The molecule has 4 heterocycles. The largest absolute Gasteiger partial charge is 0.461 e. The predicted octanol–water partition coefficient (Wildman–Crippen LogP) is 5.03. The fourth-order valence-corrected chi connectivity index (χ4v) is 6.38. The molecular weight excluding hydrogens is 538 g/mol. The first-order valence-electron chi connectivity index (χ1n) is 13.9. The third kappa shape index (κ3) is 5.34. The van der Waals surface area contributed by atoms with Crippen molar-refractivity contribution in [1.82, 2.24) is 14.5 Å². The molecule has 9 nitrogen and oxygen atoms in total. The van der Waals surface area contributed by atoms with Crippen LogP contribution in [0.5, 0.6) is 0 Å². The summed E-state index contributed by atoms with van der Waals surface area (Å²) in [6, 6.07) is 7.76. The molecule has 1 aliphatic heterocycles. The number of fused-ring (bicyclic) bond motifs is 2. The van der Waals surface area contributed by atoms with E-state index in [1.807, 2.05) is 57.5 Å². The molecule has 3 aromatic heterocycles. The number of hydrogen-bond acceptors (Lipinski definition) is 7. The molecule has 0 aliphatic carbocycles. The van der Waals surface area contributed by atoms with E-state index in [0.717, 1.165) is 33.3 Å². The van der Waals surface area contributed by atoms with Gasteiger partial charge in [-0.15, -0.1) is 11.3 Å². The van der Waals surface area contributed by atoms with Crippen LogP contribution in [0, 0.1) is 26.2 Å². The number of furan rings is 1. The second-order valence-corrected chi connectivity index (χ2v) is 12.3. The number of amides is 2. The van der Waals surface area contributed by atoms with Crippen LogP contribution in [0.4, 0.5) is 11.4 Å². The molecule has 216 valence electrons. The highest BCUT2D eigenvalue weighted by Gasteiger charge is 2.45. The lowest BCUT2D eigenvalue weighted by atomic mass is 9.90. The van der Waals surface area contributed by atoms with Gasteiger partial charge in [0, 0.05) is 56.1 Å². The van der Waals surface area contributed by atoms with Gasteiger partial charge in [-0.05, 0) is 65.3 Å². The topological polar surface area (TPSA) is 91.9 Å². The number of benzene rings is 1. The van der Waals surface area contributed by atoms with Gasteiger partial charge in [0.05, 0.1) is 23.3 Å². The highest BCUT2D eigenvalue weighted by molar-refractivity contribution is 7.09. The van der Waals surface area contributed by atoms with E-state index >= 15 is 0 Å². The maximum Gasteiger partial charge on any atom is 0.261 e. The van der Waals surface area contributed by atoms with Crippen LogP contribution in [0.15, 0.2) is 45.1 Å². The van der Waals surface area contributed by atoms with Gasteiger partial charge in [-0.25, -0.2) is 4.98 Å². The summed E-state index contributed by atoms with van der Waals surface area (Å²) in [6.45, 7) is 13.9. The third-order valence-electron chi connectivity index (χ3n) is 7.77. The van der Waals surface area contributed by atoms with E-state index in [1.165, 1.54) is 0 Å². The number of aromatic nitrogens is 2. The summed E-state index contributed by atoms with van der Waals surface area (Å²) in [5, 5.41) is 3.64. The van der Waals surface area contributed by atoms with Crippen LogP contribution in [0.2, 0.25) is 0 Å². The Bertz CT molecular complexity index is 1700. The molecule has 0 N–H and O–H groups in total. The fraction of sp³-hybridized carbons (Fsp3) is 0.419. The van der Waals surface area contributed by atoms with E-state index in [1.54, 1.807) is 52.7 Å². The Morgan fingerprint density at radius 3 is 2.46 bits per heavy atom. The second kappa shape index (κ2) is 10.9. The number of thiazole rings is 1. The van der Waals surface area contributed by atoms with Crippen molar-refractivity contribution >= 4 is 45.5 Å². The molecule has 1 aromatic carbocycles. The summed E-state index contributed by atoms with van der Waals surface area (Å²) in [6.07, 6.45) is 1.86. The molecule has 2 amide bonds. The van der Waals surface area contributed by atoms with Crippen molar-refractivity contribution in [2.75, 3.05) is 29.9 Å². The van der Waals surface area contributed by atoms with E-state index in [0.29, 0.717) is 49.4 Å². The zero-order valence-corrected chi connectivity index (χ0v) is 25.6. The number of hydrogen-bond donors (Lipinski definition) is 0. The zero-order chi connectivity index (χ0) is 29.6. The first-order valence-corrected chi connectivity index (χ1v) is 14.7. The van der Waals surface area contributed by atoms with E-state index in [4.69, 9.17) is 4.42 Å². The summed E-state index contributed by atoms with van der Waals surface area (Å²) in [7, 11) is 1.73. The predicted molar refractivity (Wildman–Crippen MR) is 163 cm³/mol. The molecule has 0 fully saturated rings. The number of aryl methyl sites for hydroxylation is 3. The van der Waals surface area contributed by atoms with E-state index < -0.39 is 5.41 Å². The van der Waals surface area contributed by atoms with Crippen LogP contribution in [0.1, 0.15) is 48.4 Å². The summed E-state index contributed by atoms with van der Waals surface area (Å²) in [4.78, 5) is 50.0. The standard InChI is InChI=1S/C31H37N5O4S/c1-8-36-24-10-9-22(14-25(24)33(7)29(38)31(5,6)30(36)39)16-34(17-26-32-20(3)18-41-26)11-12-35-15-19(2)27-23(28(35)37)13-21(4)40-27/h9-10,13-15,18H,8,11-12,16-17H2,1-7H3. The van der Waals surface area contributed by atoms with Crippen LogP contribution < -0.4 is 15.4 Å². The highest BCUT2D eigenvalue weighted by atomic mass is 32.1. The van der Waals surface area contributed by atoms with Crippen LogP contribution in [-0.4, -0.2) is 46.4 Å². The molecule has 1 aliphatic rings. The minimum Gasteiger partial charge on any atom is -0.461 e. The van der Waals surface area contributed by atoms with Gasteiger partial charge in [-0.2, -0.15) is 0 Å². The van der Waals surface area contributed by atoms with Crippen molar-refractivity contribution < 1.29 is 14.0 Å². The Morgan fingerprint density at radius 1 is 1.02 bits per heavy atom. The third-order valence-corrected chi connectivity index (χ3v) is 8.72. The summed E-state index contributed by atoms with van der Waals surface area (Å²) >= 11 is 1.62. The number of carbonyl (C=O) groups is 2. The van der Waals surface area contributed by atoms with Crippen LogP contribution in [0.3, 0.4) is 0 Å². The monoisotopic (exact) mass is 575 g/mol. The number of rotatable bonds is 8. The molecule has 0 radical (unpaired) electrons. The van der Waals surface area contributed by atoms with Crippen molar-refractivity contribution in [3.63, 3.8) is 0 Å². The molecular formula is C31H37N5O4S. The van der Waals surface area contributed by atoms with Crippen LogP contribution >= 0.6 is 11.3 Å². The van der Waals surface area contributed by atoms with Crippen molar-refractivity contribution in [3.05, 3.63) is 73.8 Å². The van der Waals surface area contributed by atoms with Crippen molar-refractivity contribution in [3.8, 4) is 0 Å². The van der Waals surface area contributed by atoms with Gasteiger partial charge >= 0.3 is 0 Å². The van der Waals surface area contributed by atoms with E-state index in [9.17, 15) is 14.4 Å². The van der Waals surface area contributed by atoms with Gasteiger partial charge in [0.1, 0.15) is 21.8 Å². The van der Waals surface area contributed by atoms with Gasteiger partial charge in [0.25, 0.3) is 5.56 Å². The Hall–Kier alpha value is -3.76. The number of carbonyl (C=O) groups excluding carboxylic acids is 2. The van der Waals surface area contributed by atoms with Crippen LogP contribution in [0.25, 0.3) is 11.0 Å². The molecule has 5 rings (SSSR count). The average Bonchev–Trinajstić information content (AvgIpc) is 3.53. The van der Waals surface area contributed by atoms with Crippen molar-refractivity contribution in [2.24, 2.45) is 5.41 Å². The first-order chi connectivity index (χ1) is 19.4. The molecule has 0 atom stereocenters. The highest BCUT2D eigenvalue weighted by Crippen LogP contribution is 2.39. The lowest BCUT2D eigenvalue weighted by Crippen LogP contribution is -2.47. The number of nitrogens with zero attached hydrogens (tertiary/aromatic N) is 5. The first kappa shape index (κ1) is 28.8. The average molecular weight is 576 g/mol. The van der Waals surface area contributed by atoms with Crippen LogP contribution in [-0.2, 0) is 29.2 Å². The maximum atomic E-state index is 13.3. The van der Waals surface area contributed by atoms with Gasteiger partial charge < -0.3 is 18.8 Å². The molecule has 0 saturated heterocycles. The minimum absolute atomic E-state index is 0.0652. The van der Waals surface area contributed by atoms with Gasteiger partial charge in [0.15, 0.2) is 0 Å². The van der Waals surface area contributed by atoms with Gasteiger partial charge in [0.2, 0.25) is 11.8 Å². The smallest absolute Gasteiger partial charge is 0.261 e. The Labute approximate surface area is 244 Å². The molecule has 4 aromatic rings. The quantitative estimate of drug-likeness (QED) is 0.274. The van der Waals surface area contributed by atoms with Crippen molar-refractivity contribution in [2.45, 2.75) is 61.2 Å². The second-order valence-electron chi connectivity index (χ2n) is 11.4. The Morgan fingerprint density at radius 2 is 1.78 bits per heavy atom. The van der Waals surface area contributed by atoms with Gasteiger partial charge in [-0.1, -0.05) is 6.07 Å². The molecule has 0 saturated carbocycles. The summed E-state index contributed by atoms with van der Waals surface area (Å²) in [5.74, 6) is 0.290. The lowest BCUT2D eigenvalue weighted by molar-refractivity contribution is -0.137. The summed E-state index contributed by atoms with van der Waals surface area (Å²) in [5.41, 5.74) is 3.78. The van der Waals surface area contributed by atoms with E-state index in [-0.39, 0.29) is 17.4 Å². The SMILES string of the molecule is CCN1C(=O)C(C)(C)C(=O)N(C)c2cc(CN(CCn3cc(C)c4oc(C)cc4c3=O)Cc3nc(C)cs3)ccc21. The molecule has 0 bridgehead atoms.